The van der Waals surface area contributed by atoms with Crippen molar-refractivity contribution in [3.8, 4) is 5.75 Å². The highest BCUT2D eigenvalue weighted by Crippen LogP contribution is 2.45. The highest BCUT2D eigenvalue weighted by Gasteiger charge is 2.42. The van der Waals surface area contributed by atoms with Crippen LogP contribution in [0.4, 0.5) is 0 Å². The van der Waals surface area contributed by atoms with Gasteiger partial charge in [-0.2, -0.15) is 0 Å². The van der Waals surface area contributed by atoms with Crippen molar-refractivity contribution in [1.82, 2.24) is 4.90 Å². The lowest BCUT2D eigenvalue weighted by molar-refractivity contribution is -0.137. The van der Waals surface area contributed by atoms with Crippen LogP contribution in [0.25, 0.3) is 6.08 Å². The summed E-state index contributed by atoms with van der Waals surface area (Å²) in [5.41, 5.74) is 3.92. The second-order valence-corrected chi connectivity index (χ2v) is 7.90. The molecule has 28 heavy (non-hydrogen) atoms. The maximum Gasteiger partial charge on any atom is 0.304 e. The van der Waals surface area contributed by atoms with Crippen molar-refractivity contribution >= 4 is 12.0 Å². The summed E-state index contributed by atoms with van der Waals surface area (Å²) in [5, 5.41) is 8.88. The summed E-state index contributed by atoms with van der Waals surface area (Å²) in [5.74, 6) is 0.313. The maximum absolute atomic E-state index is 10.8. The molecule has 0 atom stereocenters. The number of hydrogen-bond acceptors (Lipinski definition) is 3. The van der Waals surface area contributed by atoms with Gasteiger partial charge in [-0.05, 0) is 49.5 Å². The molecule has 0 radical (unpaired) electrons. The quantitative estimate of drug-likeness (QED) is 0.822. The monoisotopic (exact) mass is 377 g/mol. The number of carboxylic acids is 1. The minimum atomic E-state index is -0.719. The molecular weight excluding hydrogens is 350 g/mol. The van der Waals surface area contributed by atoms with Gasteiger partial charge in [0.05, 0.1) is 13.0 Å². The van der Waals surface area contributed by atoms with Gasteiger partial charge in [0.15, 0.2) is 0 Å². The molecule has 0 amide bonds. The summed E-state index contributed by atoms with van der Waals surface area (Å²) in [6.07, 6.45) is 7.53. The molecule has 2 heterocycles. The van der Waals surface area contributed by atoms with Crippen molar-refractivity contribution in [2.75, 3.05) is 26.2 Å². The van der Waals surface area contributed by atoms with Gasteiger partial charge in [-0.25, -0.2) is 0 Å². The molecule has 1 spiro atoms. The Balaban J connectivity index is 1.38. The van der Waals surface area contributed by atoms with E-state index in [1.165, 1.54) is 16.7 Å². The van der Waals surface area contributed by atoms with Crippen molar-refractivity contribution in [3.05, 3.63) is 71.3 Å². The first kappa shape index (κ1) is 18.8. The van der Waals surface area contributed by atoms with Crippen molar-refractivity contribution < 1.29 is 14.6 Å². The number of allylic oxidation sites excluding steroid dienone is 1. The number of fused-ring (bicyclic) bond motifs is 2. The minimum Gasteiger partial charge on any atom is -0.492 e. The molecule has 0 aromatic heterocycles. The molecule has 1 fully saturated rings. The zero-order chi connectivity index (χ0) is 19.4. The number of carboxylic acid groups (broad SMARTS) is 1. The standard InChI is InChI=1S/C24H27NO3/c26-23(27)11-14-25-15-12-24(13-16-25)18-28-22-17-20(9-10-21(22)24)8-4-7-19-5-2-1-3-6-19/h1-7,9-10,17H,8,11-16,18H2,(H,26,27)/b7-4+. The molecule has 4 nitrogen and oxygen atoms in total. The summed E-state index contributed by atoms with van der Waals surface area (Å²) in [6, 6.07) is 17.0. The van der Waals surface area contributed by atoms with E-state index < -0.39 is 5.97 Å². The number of nitrogens with zero attached hydrogens (tertiary/aromatic N) is 1. The largest absolute Gasteiger partial charge is 0.492 e. The lowest BCUT2D eigenvalue weighted by atomic mass is 9.74. The average molecular weight is 377 g/mol. The normalized spacial score (nSPS) is 18.3. The number of aliphatic carboxylic acids is 1. The number of ether oxygens (including phenoxy) is 1. The van der Waals surface area contributed by atoms with E-state index in [4.69, 9.17) is 9.84 Å². The lowest BCUT2D eigenvalue weighted by Gasteiger charge is -2.38. The van der Waals surface area contributed by atoms with E-state index in [0.717, 1.165) is 44.7 Å². The van der Waals surface area contributed by atoms with Crippen LogP contribution in [0.15, 0.2) is 54.6 Å². The SMILES string of the molecule is O=C(O)CCN1CCC2(CC1)COc1cc(C/C=C/c3ccccc3)ccc12. The molecule has 2 aliphatic heterocycles. The summed E-state index contributed by atoms with van der Waals surface area (Å²) >= 11 is 0. The van der Waals surface area contributed by atoms with E-state index in [0.29, 0.717) is 6.54 Å². The Bertz CT molecular complexity index is 851. The zero-order valence-corrected chi connectivity index (χ0v) is 16.1. The number of piperidine rings is 1. The number of rotatable bonds is 6. The van der Waals surface area contributed by atoms with Crippen LogP contribution in [0.3, 0.4) is 0 Å². The third-order valence-electron chi connectivity index (χ3n) is 6.04. The zero-order valence-electron chi connectivity index (χ0n) is 16.1. The Morgan fingerprint density at radius 1 is 1.14 bits per heavy atom. The summed E-state index contributed by atoms with van der Waals surface area (Å²) in [7, 11) is 0. The predicted octanol–water partition coefficient (Wildman–Crippen LogP) is 4.14. The maximum atomic E-state index is 10.8. The van der Waals surface area contributed by atoms with Gasteiger partial charge in [0.2, 0.25) is 0 Å². The molecule has 2 aromatic rings. The summed E-state index contributed by atoms with van der Waals surface area (Å²) in [6.45, 7) is 3.28. The average Bonchev–Trinajstić information content (AvgIpc) is 3.06. The second-order valence-electron chi connectivity index (χ2n) is 7.90. The molecule has 0 unspecified atom stereocenters. The van der Waals surface area contributed by atoms with Crippen LogP contribution >= 0.6 is 0 Å². The predicted molar refractivity (Wildman–Crippen MR) is 111 cm³/mol. The first-order valence-electron chi connectivity index (χ1n) is 10.1. The van der Waals surface area contributed by atoms with E-state index >= 15 is 0 Å². The fraction of sp³-hybridized carbons (Fsp3) is 0.375. The van der Waals surface area contributed by atoms with Crippen molar-refractivity contribution in [3.63, 3.8) is 0 Å². The van der Waals surface area contributed by atoms with Crippen LogP contribution in [0, 0.1) is 0 Å². The smallest absolute Gasteiger partial charge is 0.304 e. The number of hydrogen-bond donors (Lipinski definition) is 1. The van der Waals surface area contributed by atoms with Gasteiger partial charge in [0.25, 0.3) is 0 Å². The molecule has 4 heteroatoms. The van der Waals surface area contributed by atoms with E-state index in [-0.39, 0.29) is 11.8 Å². The first-order chi connectivity index (χ1) is 13.6. The van der Waals surface area contributed by atoms with Crippen LogP contribution in [-0.4, -0.2) is 42.2 Å². The van der Waals surface area contributed by atoms with Gasteiger partial charge >= 0.3 is 5.97 Å². The fourth-order valence-corrected chi connectivity index (χ4v) is 4.31. The van der Waals surface area contributed by atoms with Crippen LogP contribution in [0.5, 0.6) is 5.75 Å². The number of carbonyl (C=O) groups is 1. The summed E-state index contributed by atoms with van der Waals surface area (Å²) < 4.78 is 6.09. The van der Waals surface area contributed by atoms with Crippen LogP contribution < -0.4 is 4.74 Å². The van der Waals surface area contributed by atoms with Crippen molar-refractivity contribution in [1.29, 1.82) is 0 Å². The third kappa shape index (κ3) is 4.12. The third-order valence-corrected chi connectivity index (χ3v) is 6.04. The molecule has 1 N–H and O–H groups in total. The molecule has 1 saturated heterocycles. The molecule has 0 aliphatic carbocycles. The Labute approximate surface area is 166 Å². The topological polar surface area (TPSA) is 49.8 Å². The van der Waals surface area contributed by atoms with Crippen LogP contribution in [-0.2, 0) is 16.6 Å². The molecule has 4 rings (SSSR count). The van der Waals surface area contributed by atoms with E-state index in [9.17, 15) is 4.79 Å². The minimum absolute atomic E-state index is 0.105. The highest BCUT2D eigenvalue weighted by molar-refractivity contribution is 5.66. The van der Waals surface area contributed by atoms with E-state index in [1.54, 1.807) is 0 Å². The second kappa shape index (κ2) is 8.19. The first-order valence-corrected chi connectivity index (χ1v) is 10.1. The fourth-order valence-electron chi connectivity index (χ4n) is 4.31. The van der Waals surface area contributed by atoms with E-state index in [1.807, 2.05) is 6.07 Å². The molecule has 146 valence electrons. The number of likely N-dealkylation sites (tertiary alicyclic amines) is 1. The van der Waals surface area contributed by atoms with Gasteiger partial charge in [0.1, 0.15) is 5.75 Å². The Morgan fingerprint density at radius 3 is 2.68 bits per heavy atom. The highest BCUT2D eigenvalue weighted by atomic mass is 16.5. The van der Waals surface area contributed by atoms with Crippen molar-refractivity contribution in [2.24, 2.45) is 0 Å². The van der Waals surface area contributed by atoms with Gasteiger partial charge in [-0.3, -0.25) is 4.79 Å². The molecule has 0 saturated carbocycles. The molecule has 2 aromatic carbocycles. The van der Waals surface area contributed by atoms with Crippen LogP contribution in [0.2, 0.25) is 0 Å². The molecule has 2 aliphatic rings. The Hall–Kier alpha value is -2.59. The van der Waals surface area contributed by atoms with Crippen LogP contribution in [0.1, 0.15) is 36.0 Å². The molecule has 0 bridgehead atoms. The number of benzene rings is 2. The van der Waals surface area contributed by atoms with Gasteiger partial charge < -0.3 is 14.7 Å². The Kier molecular flexibility index (Phi) is 5.49. The van der Waals surface area contributed by atoms with Gasteiger partial charge in [-0.15, -0.1) is 0 Å². The summed E-state index contributed by atoms with van der Waals surface area (Å²) in [4.78, 5) is 13.1. The Morgan fingerprint density at radius 2 is 1.93 bits per heavy atom. The van der Waals surface area contributed by atoms with Gasteiger partial charge in [0, 0.05) is 17.5 Å². The molecular formula is C24H27NO3. The van der Waals surface area contributed by atoms with Crippen molar-refractivity contribution in [2.45, 2.75) is 31.1 Å². The van der Waals surface area contributed by atoms with Gasteiger partial charge in [-0.1, -0.05) is 54.6 Å². The lowest BCUT2D eigenvalue weighted by Crippen LogP contribution is -2.44. The van der Waals surface area contributed by atoms with E-state index in [2.05, 4.69) is 59.5 Å².